The van der Waals surface area contributed by atoms with Gasteiger partial charge in [-0.2, -0.15) is 0 Å². The van der Waals surface area contributed by atoms with Crippen LogP contribution in [0.5, 0.6) is 0 Å². The molecule has 0 saturated heterocycles. The van der Waals surface area contributed by atoms with Crippen molar-refractivity contribution < 1.29 is 14.3 Å². The zero-order valence-corrected chi connectivity index (χ0v) is 12.6. The van der Waals surface area contributed by atoms with Crippen LogP contribution in [0.1, 0.15) is 45.6 Å². The topological polar surface area (TPSA) is 55.4 Å². The third-order valence-corrected chi connectivity index (χ3v) is 2.75. The molecule has 110 valence electrons. The Kier molecular flexibility index (Phi) is 5.74. The van der Waals surface area contributed by atoms with Crippen molar-refractivity contribution >= 4 is 11.9 Å². The normalized spacial score (nSPS) is 12.6. The number of ether oxygens (including phenoxy) is 1. The first kappa shape index (κ1) is 16.2. The molecule has 0 fully saturated rings. The SMILES string of the molecule is CCC(C(=O)NCC(=O)OC(C)(C)C)c1ccccc1. The lowest BCUT2D eigenvalue weighted by molar-refractivity contribution is -0.154. The van der Waals surface area contributed by atoms with E-state index in [0.717, 1.165) is 5.56 Å². The van der Waals surface area contributed by atoms with Crippen molar-refractivity contribution in [1.82, 2.24) is 5.32 Å². The molecule has 0 heterocycles. The van der Waals surface area contributed by atoms with Crippen molar-refractivity contribution in [3.8, 4) is 0 Å². The Morgan fingerprint density at radius 2 is 1.80 bits per heavy atom. The number of carbonyl (C=O) groups excluding carboxylic acids is 2. The molecular weight excluding hydrogens is 254 g/mol. The Hall–Kier alpha value is -1.84. The van der Waals surface area contributed by atoms with Crippen LogP contribution in [0.25, 0.3) is 0 Å². The van der Waals surface area contributed by atoms with Gasteiger partial charge in [0.15, 0.2) is 0 Å². The van der Waals surface area contributed by atoms with E-state index < -0.39 is 11.6 Å². The maximum atomic E-state index is 12.1. The summed E-state index contributed by atoms with van der Waals surface area (Å²) in [6.07, 6.45) is 0.685. The van der Waals surface area contributed by atoms with Crippen LogP contribution in [0.15, 0.2) is 30.3 Å². The average Bonchev–Trinajstić information content (AvgIpc) is 2.36. The molecule has 1 aromatic carbocycles. The van der Waals surface area contributed by atoms with Gasteiger partial charge in [0, 0.05) is 0 Å². The number of hydrogen-bond donors (Lipinski definition) is 1. The summed E-state index contributed by atoms with van der Waals surface area (Å²) >= 11 is 0. The Morgan fingerprint density at radius 1 is 1.20 bits per heavy atom. The molecule has 0 aromatic heterocycles. The molecular formula is C16H23NO3. The Labute approximate surface area is 120 Å². The van der Waals surface area contributed by atoms with Crippen LogP contribution in [0.4, 0.5) is 0 Å². The van der Waals surface area contributed by atoms with Crippen LogP contribution in [0, 0.1) is 0 Å². The molecule has 1 N–H and O–H groups in total. The van der Waals surface area contributed by atoms with Gasteiger partial charge in [-0.05, 0) is 32.8 Å². The van der Waals surface area contributed by atoms with Gasteiger partial charge in [-0.15, -0.1) is 0 Å². The molecule has 0 aliphatic rings. The van der Waals surface area contributed by atoms with Gasteiger partial charge in [0.1, 0.15) is 12.1 Å². The van der Waals surface area contributed by atoms with Gasteiger partial charge in [-0.25, -0.2) is 0 Å². The molecule has 0 spiro atoms. The monoisotopic (exact) mass is 277 g/mol. The molecule has 0 aliphatic carbocycles. The zero-order chi connectivity index (χ0) is 15.2. The second kappa shape index (κ2) is 7.08. The second-order valence-electron chi connectivity index (χ2n) is 5.68. The van der Waals surface area contributed by atoms with Gasteiger partial charge >= 0.3 is 5.97 Å². The summed E-state index contributed by atoms with van der Waals surface area (Å²) in [4.78, 5) is 23.7. The van der Waals surface area contributed by atoms with E-state index in [9.17, 15) is 9.59 Å². The van der Waals surface area contributed by atoms with Crippen LogP contribution < -0.4 is 5.32 Å². The van der Waals surface area contributed by atoms with Gasteiger partial charge < -0.3 is 10.1 Å². The van der Waals surface area contributed by atoms with Crippen LogP contribution >= 0.6 is 0 Å². The third kappa shape index (κ3) is 5.43. The molecule has 1 atom stereocenters. The minimum atomic E-state index is -0.536. The summed E-state index contributed by atoms with van der Waals surface area (Å²) in [7, 11) is 0. The number of amides is 1. The maximum absolute atomic E-state index is 12.1. The first-order valence-corrected chi connectivity index (χ1v) is 6.88. The molecule has 1 aromatic rings. The summed E-state index contributed by atoms with van der Waals surface area (Å²) in [5, 5.41) is 2.64. The lowest BCUT2D eigenvalue weighted by atomic mass is 9.96. The number of rotatable bonds is 5. The Bertz CT molecular complexity index is 449. The minimum absolute atomic E-state index is 0.0978. The van der Waals surface area contributed by atoms with E-state index in [0.29, 0.717) is 6.42 Å². The fourth-order valence-corrected chi connectivity index (χ4v) is 1.92. The van der Waals surface area contributed by atoms with Crippen molar-refractivity contribution in [2.75, 3.05) is 6.54 Å². The van der Waals surface area contributed by atoms with Gasteiger partial charge in [-0.3, -0.25) is 9.59 Å². The van der Waals surface area contributed by atoms with Crippen LogP contribution in [0.3, 0.4) is 0 Å². The first-order valence-electron chi connectivity index (χ1n) is 6.88. The maximum Gasteiger partial charge on any atom is 0.325 e. The summed E-state index contributed by atoms with van der Waals surface area (Å²) in [6, 6.07) is 9.55. The van der Waals surface area contributed by atoms with Gasteiger partial charge in [0.25, 0.3) is 0 Å². The van der Waals surface area contributed by atoms with E-state index in [4.69, 9.17) is 4.74 Å². The zero-order valence-electron chi connectivity index (χ0n) is 12.6. The highest BCUT2D eigenvalue weighted by atomic mass is 16.6. The van der Waals surface area contributed by atoms with Gasteiger partial charge in [0.2, 0.25) is 5.91 Å². The summed E-state index contributed by atoms with van der Waals surface area (Å²) in [5.41, 5.74) is 0.419. The lowest BCUT2D eigenvalue weighted by Crippen LogP contribution is -2.36. The fourth-order valence-electron chi connectivity index (χ4n) is 1.92. The molecule has 0 aliphatic heterocycles. The van der Waals surface area contributed by atoms with Crippen molar-refractivity contribution in [2.24, 2.45) is 0 Å². The van der Waals surface area contributed by atoms with Crippen LogP contribution in [-0.4, -0.2) is 24.0 Å². The summed E-state index contributed by atoms with van der Waals surface area (Å²) < 4.78 is 5.15. The molecule has 4 heteroatoms. The molecule has 4 nitrogen and oxygen atoms in total. The fraction of sp³-hybridized carbons (Fsp3) is 0.500. The van der Waals surface area contributed by atoms with Gasteiger partial charge in [-0.1, -0.05) is 37.3 Å². The molecule has 20 heavy (non-hydrogen) atoms. The molecule has 1 amide bonds. The lowest BCUT2D eigenvalue weighted by Gasteiger charge is -2.20. The van der Waals surface area contributed by atoms with Crippen molar-refractivity contribution in [3.63, 3.8) is 0 Å². The number of hydrogen-bond acceptors (Lipinski definition) is 3. The number of nitrogens with one attached hydrogen (secondary N) is 1. The first-order chi connectivity index (χ1) is 9.33. The molecule has 1 rings (SSSR count). The molecule has 0 saturated carbocycles. The number of esters is 1. The van der Waals surface area contributed by atoms with E-state index in [1.807, 2.05) is 37.3 Å². The van der Waals surface area contributed by atoms with E-state index >= 15 is 0 Å². The Balaban J connectivity index is 2.55. The highest BCUT2D eigenvalue weighted by Crippen LogP contribution is 2.19. The van der Waals surface area contributed by atoms with Crippen molar-refractivity contribution in [2.45, 2.75) is 45.6 Å². The standard InChI is InChI=1S/C16H23NO3/c1-5-13(12-9-7-6-8-10-12)15(19)17-11-14(18)20-16(2,3)4/h6-10,13H,5,11H2,1-4H3,(H,17,19). The molecule has 0 bridgehead atoms. The highest BCUT2D eigenvalue weighted by Gasteiger charge is 2.21. The Morgan fingerprint density at radius 3 is 2.30 bits per heavy atom. The summed E-state index contributed by atoms with van der Waals surface area (Å²) in [6.45, 7) is 7.24. The van der Waals surface area contributed by atoms with E-state index in [-0.39, 0.29) is 18.4 Å². The highest BCUT2D eigenvalue weighted by molar-refractivity contribution is 5.87. The number of carbonyl (C=O) groups is 2. The van der Waals surface area contributed by atoms with Crippen molar-refractivity contribution in [1.29, 1.82) is 0 Å². The van der Waals surface area contributed by atoms with Crippen molar-refractivity contribution in [3.05, 3.63) is 35.9 Å². The molecule has 1 unspecified atom stereocenters. The molecule has 0 radical (unpaired) electrons. The second-order valence-corrected chi connectivity index (χ2v) is 5.68. The predicted molar refractivity (Wildman–Crippen MR) is 78.3 cm³/mol. The van der Waals surface area contributed by atoms with Gasteiger partial charge in [0.05, 0.1) is 5.92 Å². The summed E-state index contributed by atoms with van der Waals surface area (Å²) in [5.74, 6) is -0.808. The third-order valence-electron chi connectivity index (χ3n) is 2.75. The average molecular weight is 277 g/mol. The van der Waals surface area contributed by atoms with Crippen LogP contribution in [0.2, 0.25) is 0 Å². The van der Waals surface area contributed by atoms with E-state index in [2.05, 4.69) is 5.32 Å². The van der Waals surface area contributed by atoms with E-state index in [1.165, 1.54) is 0 Å². The van der Waals surface area contributed by atoms with Crippen LogP contribution in [-0.2, 0) is 14.3 Å². The predicted octanol–water partition coefficient (Wildman–Crippen LogP) is 2.64. The number of benzene rings is 1. The quantitative estimate of drug-likeness (QED) is 0.842. The smallest absolute Gasteiger partial charge is 0.325 e. The largest absolute Gasteiger partial charge is 0.459 e. The minimum Gasteiger partial charge on any atom is -0.459 e. The van der Waals surface area contributed by atoms with E-state index in [1.54, 1.807) is 20.8 Å².